The average Bonchev–Trinajstić information content (AvgIpc) is 2.25. The Morgan fingerprint density at radius 2 is 2.11 bits per heavy atom. The first-order chi connectivity index (χ1) is 8.33. The average molecular weight is 249 g/mol. The first kappa shape index (κ1) is 14.2. The van der Waals surface area contributed by atoms with Crippen molar-refractivity contribution in [3.8, 4) is 11.8 Å². The molecule has 0 fully saturated rings. The summed E-state index contributed by atoms with van der Waals surface area (Å²) in [4.78, 5) is 11.8. The Morgan fingerprint density at radius 1 is 1.44 bits per heavy atom. The molecule has 0 aliphatic rings. The fourth-order valence-corrected chi connectivity index (χ4v) is 1.31. The Morgan fingerprint density at radius 3 is 2.61 bits per heavy atom. The van der Waals surface area contributed by atoms with Crippen LogP contribution in [0.15, 0.2) is 18.2 Å². The van der Waals surface area contributed by atoms with Gasteiger partial charge in [-0.15, -0.1) is 0 Å². The number of benzene rings is 1. The third-order valence-electron chi connectivity index (χ3n) is 2.02. The molecule has 96 valence electrons. The van der Waals surface area contributed by atoms with Crippen molar-refractivity contribution in [2.75, 3.05) is 6.61 Å². The number of hydrogen-bond donors (Lipinski definition) is 2. The zero-order chi connectivity index (χ0) is 13.8. The summed E-state index contributed by atoms with van der Waals surface area (Å²) in [5, 5.41) is 11.3. The molecule has 0 aliphatic heterocycles. The minimum Gasteiger partial charge on any atom is -0.384 e. The van der Waals surface area contributed by atoms with Crippen molar-refractivity contribution in [2.24, 2.45) is 0 Å². The molecule has 3 nitrogen and oxygen atoms in total. The summed E-state index contributed by atoms with van der Waals surface area (Å²) in [6, 6.07) is 4.07. The molecular weight excluding hydrogens is 233 g/mol. The highest BCUT2D eigenvalue weighted by Crippen LogP contribution is 2.11. The Kier molecular flexibility index (Phi) is 4.46. The van der Waals surface area contributed by atoms with Gasteiger partial charge in [-0.1, -0.05) is 11.8 Å². The second-order valence-electron chi connectivity index (χ2n) is 4.86. The normalized spacial score (nSPS) is 10.5. The van der Waals surface area contributed by atoms with E-state index in [1.54, 1.807) is 0 Å². The fourth-order valence-electron chi connectivity index (χ4n) is 1.31. The predicted octanol–water partition coefficient (Wildman–Crippen LogP) is 1.70. The van der Waals surface area contributed by atoms with Crippen LogP contribution in [0.2, 0.25) is 0 Å². The van der Waals surface area contributed by atoms with Crippen LogP contribution in [0.25, 0.3) is 0 Å². The lowest BCUT2D eigenvalue weighted by molar-refractivity contribution is 0.0919. The van der Waals surface area contributed by atoms with E-state index in [-0.39, 0.29) is 29.2 Å². The van der Waals surface area contributed by atoms with Crippen molar-refractivity contribution in [2.45, 2.75) is 26.3 Å². The Hall–Kier alpha value is -1.86. The molecule has 1 amide bonds. The van der Waals surface area contributed by atoms with Crippen LogP contribution < -0.4 is 5.32 Å². The molecule has 0 spiro atoms. The fraction of sp³-hybridized carbons (Fsp3) is 0.357. The van der Waals surface area contributed by atoms with Gasteiger partial charge in [-0.2, -0.15) is 0 Å². The van der Waals surface area contributed by atoms with Crippen molar-refractivity contribution in [3.63, 3.8) is 0 Å². The van der Waals surface area contributed by atoms with Crippen LogP contribution in [0.4, 0.5) is 4.39 Å². The lowest BCUT2D eigenvalue weighted by atomic mass is 10.1. The molecule has 1 rings (SSSR count). The molecule has 2 N–H and O–H groups in total. The van der Waals surface area contributed by atoms with Gasteiger partial charge in [0.2, 0.25) is 0 Å². The van der Waals surface area contributed by atoms with Crippen LogP contribution in [0.5, 0.6) is 0 Å². The summed E-state index contributed by atoms with van der Waals surface area (Å²) in [5.41, 5.74) is 0.0384. The maximum atomic E-state index is 13.6. The Balaban J connectivity index is 2.94. The largest absolute Gasteiger partial charge is 0.384 e. The minimum absolute atomic E-state index is 0.163. The van der Waals surface area contributed by atoms with Crippen LogP contribution >= 0.6 is 0 Å². The molecule has 0 unspecified atom stereocenters. The summed E-state index contributed by atoms with van der Waals surface area (Å²) in [5.74, 6) is 3.93. The highest BCUT2D eigenvalue weighted by Gasteiger charge is 2.16. The quantitative estimate of drug-likeness (QED) is 0.744. The molecule has 1 aromatic carbocycles. The van der Waals surface area contributed by atoms with Gasteiger partial charge in [-0.25, -0.2) is 4.39 Å². The van der Waals surface area contributed by atoms with Crippen LogP contribution in [0.3, 0.4) is 0 Å². The third-order valence-corrected chi connectivity index (χ3v) is 2.02. The second-order valence-corrected chi connectivity index (χ2v) is 4.86. The summed E-state index contributed by atoms with van der Waals surface area (Å²) in [7, 11) is 0. The SMILES string of the molecule is CC(C)(C)NC(=O)c1ccc(C#CCO)c(F)c1. The van der Waals surface area contributed by atoms with Crippen LogP contribution in [0, 0.1) is 17.7 Å². The summed E-state index contributed by atoms with van der Waals surface area (Å²) >= 11 is 0. The van der Waals surface area contributed by atoms with E-state index in [0.29, 0.717) is 0 Å². The maximum absolute atomic E-state index is 13.6. The van der Waals surface area contributed by atoms with Gasteiger partial charge in [0.25, 0.3) is 5.91 Å². The highest BCUT2D eigenvalue weighted by atomic mass is 19.1. The van der Waals surface area contributed by atoms with Crippen LogP contribution in [-0.2, 0) is 0 Å². The van der Waals surface area contributed by atoms with E-state index in [1.807, 2.05) is 20.8 Å². The first-order valence-electron chi connectivity index (χ1n) is 5.55. The topological polar surface area (TPSA) is 49.3 Å². The lowest BCUT2D eigenvalue weighted by Crippen LogP contribution is -2.40. The molecule has 0 heterocycles. The number of carbonyl (C=O) groups excluding carboxylic acids is 1. The Bertz CT molecular complexity index is 507. The zero-order valence-electron chi connectivity index (χ0n) is 10.7. The molecule has 1 aromatic rings. The predicted molar refractivity (Wildman–Crippen MR) is 67.6 cm³/mol. The minimum atomic E-state index is -0.572. The molecule has 0 aliphatic carbocycles. The van der Waals surface area contributed by atoms with Crippen molar-refractivity contribution >= 4 is 5.91 Å². The maximum Gasteiger partial charge on any atom is 0.251 e. The zero-order valence-corrected chi connectivity index (χ0v) is 10.7. The van der Waals surface area contributed by atoms with Gasteiger partial charge < -0.3 is 10.4 Å². The smallest absolute Gasteiger partial charge is 0.251 e. The summed E-state index contributed by atoms with van der Waals surface area (Å²) < 4.78 is 13.6. The van der Waals surface area contributed by atoms with Crippen molar-refractivity contribution < 1.29 is 14.3 Å². The van der Waals surface area contributed by atoms with Gasteiger partial charge >= 0.3 is 0 Å². The van der Waals surface area contributed by atoms with Gasteiger partial charge in [0.15, 0.2) is 0 Å². The van der Waals surface area contributed by atoms with Crippen molar-refractivity contribution in [1.29, 1.82) is 0 Å². The van der Waals surface area contributed by atoms with E-state index >= 15 is 0 Å². The monoisotopic (exact) mass is 249 g/mol. The number of aliphatic hydroxyl groups is 1. The molecule has 0 aromatic heterocycles. The first-order valence-corrected chi connectivity index (χ1v) is 5.55. The van der Waals surface area contributed by atoms with Crippen LogP contribution in [-0.4, -0.2) is 23.2 Å². The standard InChI is InChI=1S/C14H16FNO2/c1-14(2,3)16-13(18)11-7-6-10(5-4-8-17)12(15)9-11/h6-7,9,17H,8H2,1-3H3,(H,16,18). The molecule has 4 heteroatoms. The number of halogens is 1. The molecule has 0 saturated carbocycles. The summed E-state index contributed by atoms with van der Waals surface area (Å²) in [6.07, 6.45) is 0. The van der Waals surface area contributed by atoms with Crippen molar-refractivity contribution in [3.05, 3.63) is 35.1 Å². The highest BCUT2D eigenvalue weighted by molar-refractivity contribution is 5.94. The third kappa shape index (κ3) is 4.19. The van der Waals surface area contributed by atoms with E-state index in [4.69, 9.17) is 5.11 Å². The molecule has 18 heavy (non-hydrogen) atoms. The number of nitrogens with one attached hydrogen (secondary N) is 1. The van der Waals surface area contributed by atoms with Gasteiger partial charge in [0.05, 0.1) is 5.56 Å². The van der Waals surface area contributed by atoms with E-state index in [0.717, 1.165) is 6.07 Å². The molecule has 0 saturated heterocycles. The number of aliphatic hydroxyl groups excluding tert-OH is 1. The second kappa shape index (κ2) is 5.65. The van der Waals surface area contributed by atoms with Crippen LogP contribution in [0.1, 0.15) is 36.7 Å². The number of carbonyl (C=O) groups is 1. The molecule has 0 atom stereocenters. The molecule has 0 bridgehead atoms. The Labute approximate surface area is 106 Å². The number of hydrogen-bond acceptors (Lipinski definition) is 2. The number of rotatable bonds is 1. The summed E-state index contributed by atoms with van der Waals surface area (Å²) in [6.45, 7) is 5.22. The van der Waals surface area contributed by atoms with Gasteiger partial charge in [-0.05, 0) is 39.0 Å². The van der Waals surface area contributed by atoms with Gasteiger partial charge in [0.1, 0.15) is 12.4 Å². The van der Waals surface area contributed by atoms with Gasteiger partial charge in [0, 0.05) is 11.1 Å². The van der Waals surface area contributed by atoms with E-state index in [2.05, 4.69) is 17.2 Å². The van der Waals surface area contributed by atoms with E-state index in [9.17, 15) is 9.18 Å². The number of amides is 1. The van der Waals surface area contributed by atoms with Crippen molar-refractivity contribution in [1.82, 2.24) is 5.32 Å². The van der Waals surface area contributed by atoms with Gasteiger partial charge in [-0.3, -0.25) is 4.79 Å². The molecule has 0 radical (unpaired) electrons. The van der Waals surface area contributed by atoms with E-state index in [1.165, 1.54) is 12.1 Å². The van der Waals surface area contributed by atoms with E-state index < -0.39 is 5.82 Å². The molecular formula is C14H16FNO2. The lowest BCUT2D eigenvalue weighted by Gasteiger charge is -2.20.